The molecule has 0 fully saturated rings. The summed E-state index contributed by atoms with van der Waals surface area (Å²) in [6.45, 7) is 3.65. The number of aliphatic hydroxyl groups is 1. The normalized spacial score (nSPS) is 11.6. The second kappa shape index (κ2) is 8.26. The summed E-state index contributed by atoms with van der Waals surface area (Å²) in [5, 5.41) is 15.6. The van der Waals surface area contributed by atoms with Gasteiger partial charge in [-0.1, -0.05) is 36.4 Å². The van der Waals surface area contributed by atoms with E-state index in [-0.39, 0.29) is 11.8 Å². The monoisotopic (exact) mass is 326 g/mol. The van der Waals surface area contributed by atoms with Gasteiger partial charge in [-0.15, -0.1) is 0 Å². The smallest absolute Gasteiger partial charge is 0.251 e. The predicted octanol–water partition coefficient (Wildman–Crippen LogP) is 2.81. The van der Waals surface area contributed by atoms with Crippen molar-refractivity contribution in [3.05, 3.63) is 65.2 Å². The molecule has 0 bridgehead atoms. The molecule has 2 aromatic carbocycles. The van der Waals surface area contributed by atoms with Crippen LogP contribution in [0.25, 0.3) is 0 Å². The number of hydrogen-bond acceptors (Lipinski definition) is 3. The summed E-state index contributed by atoms with van der Waals surface area (Å²) in [6, 6.07) is 14.5. The molecule has 5 nitrogen and oxygen atoms in total. The van der Waals surface area contributed by atoms with Crippen molar-refractivity contribution in [2.45, 2.75) is 26.4 Å². The number of aliphatic hydroxyl groups excluding tert-OH is 1. The Morgan fingerprint density at radius 1 is 1.12 bits per heavy atom. The summed E-state index contributed by atoms with van der Waals surface area (Å²) in [7, 11) is 0. The zero-order valence-corrected chi connectivity index (χ0v) is 13.9. The van der Waals surface area contributed by atoms with Crippen LogP contribution in [0.4, 0.5) is 5.69 Å². The van der Waals surface area contributed by atoms with Crippen LogP contribution in [0.2, 0.25) is 0 Å². The lowest BCUT2D eigenvalue weighted by atomic mass is 10.1. The van der Waals surface area contributed by atoms with Gasteiger partial charge in [0, 0.05) is 24.7 Å². The Balaban J connectivity index is 1.92. The third-order valence-corrected chi connectivity index (χ3v) is 3.70. The Labute approximate surface area is 141 Å². The van der Waals surface area contributed by atoms with E-state index in [1.165, 1.54) is 6.92 Å². The summed E-state index contributed by atoms with van der Waals surface area (Å²) in [5.41, 5.74) is 2.81. The van der Waals surface area contributed by atoms with E-state index in [4.69, 9.17) is 0 Å². The molecule has 0 saturated heterocycles. The van der Waals surface area contributed by atoms with Gasteiger partial charge in [-0.2, -0.15) is 0 Å². The fraction of sp³-hybridized carbons (Fsp3) is 0.263. The Morgan fingerprint density at radius 2 is 1.83 bits per heavy atom. The van der Waals surface area contributed by atoms with Gasteiger partial charge in [0.25, 0.3) is 5.91 Å². The first-order valence-corrected chi connectivity index (χ1v) is 7.87. The van der Waals surface area contributed by atoms with Gasteiger partial charge >= 0.3 is 0 Å². The van der Waals surface area contributed by atoms with Crippen LogP contribution < -0.4 is 10.6 Å². The van der Waals surface area contributed by atoms with E-state index in [1.54, 1.807) is 18.2 Å². The minimum Gasteiger partial charge on any atom is -0.388 e. The van der Waals surface area contributed by atoms with Gasteiger partial charge in [-0.3, -0.25) is 9.59 Å². The van der Waals surface area contributed by atoms with Gasteiger partial charge in [0.1, 0.15) is 0 Å². The van der Waals surface area contributed by atoms with Gasteiger partial charge < -0.3 is 15.7 Å². The number of aryl methyl sites for hydroxylation is 1. The van der Waals surface area contributed by atoms with Crippen LogP contribution in [-0.4, -0.2) is 23.5 Å². The van der Waals surface area contributed by atoms with Crippen LogP contribution in [0.1, 0.15) is 40.9 Å². The maximum atomic E-state index is 12.2. The summed E-state index contributed by atoms with van der Waals surface area (Å²) in [5.74, 6) is -0.413. The summed E-state index contributed by atoms with van der Waals surface area (Å²) in [6.07, 6.45) is -0.181. The van der Waals surface area contributed by atoms with Crippen molar-refractivity contribution in [1.29, 1.82) is 0 Å². The summed E-state index contributed by atoms with van der Waals surface area (Å²) in [4.78, 5) is 23.4. The lowest BCUT2D eigenvalue weighted by molar-refractivity contribution is -0.114. The molecule has 3 N–H and O–H groups in total. The molecule has 126 valence electrons. The van der Waals surface area contributed by atoms with Crippen molar-refractivity contribution < 1.29 is 14.7 Å². The molecule has 0 heterocycles. The van der Waals surface area contributed by atoms with Crippen LogP contribution in [0.15, 0.2) is 48.5 Å². The van der Waals surface area contributed by atoms with Crippen molar-refractivity contribution >= 4 is 17.5 Å². The second-order valence-electron chi connectivity index (χ2n) is 5.68. The van der Waals surface area contributed by atoms with Crippen LogP contribution in [-0.2, 0) is 4.79 Å². The molecular formula is C19H22N2O3. The number of nitrogens with one attached hydrogen (secondary N) is 2. The van der Waals surface area contributed by atoms with E-state index < -0.39 is 6.10 Å². The molecule has 0 radical (unpaired) electrons. The average molecular weight is 326 g/mol. The highest BCUT2D eigenvalue weighted by Gasteiger charge is 2.11. The topological polar surface area (TPSA) is 78.4 Å². The quantitative estimate of drug-likeness (QED) is 0.764. The molecule has 0 spiro atoms. The molecule has 1 atom stereocenters. The summed E-state index contributed by atoms with van der Waals surface area (Å²) >= 11 is 0. The van der Waals surface area contributed by atoms with Crippen molar-refractivity contribution in [3.63, 3.8) is 0 Å². The van der Waals surface area contributed by atoms with E-state index in [2.05, 4.69) is 10.6 Å². The Morgan fingerprint density at radius 3 is 2.50 bits per heavy atom. The standard InChI is InChI=1S/C19H22N2O3/c1-13-8-9-16(12-17(13)21-14(2)22)19(24)20-11-10-18(23)15-6-4-3-5-7-15/h3-9,12,18,23H,10-11H2,1-2H3,(H,20,24)(H,21,22). The zero-order valence-electron chi connectivity index (χ0n) is 13.9. The molecule has 2 aromatic rings. The number of benzene rings is 2. The number of hydrogen-bond donors (Lipinski definition) is 3. The molecule has 0 saturated carbocycles. The third-order valence-electron chi connectivity index (χ3n) is 3.70. The highest BCUT2D eigenvalue weighted by molar-refractivity contribution is 5.97. The van der Waals surface area contributed by atoms with E-state index >= 15 is 0 Å². The van der Waals surface area contributed by atoms with Crippen LogP contribution in [0.3, 0.4) is 0 Å². The average Bonchev–Trinajstić information content (AvgIpc) is 2.57. The maximum Gasteiger partial charge on any atom is 0.251 e. The molecule has 1 unspecified atom stereocenters. The minimum atomic E-state index is -0.612. The van der Waals surface area contributed by atoms with Crippen molar-refractivity contribution in [3.8, 4) is 0 Å². The first-order valence-electron chi connectivity index (χ1n) is 7.87. The molecule has 0 aliphatic carbocycles. The van der Waals surface area contributed by atoms with Gasteiger partial charge in [0.05, 0.1) is 6.10 Å². The van der Waals surface area contributed by atoms with E-state index in [0.717, 1.165) is 11.1 Å². The van der Waals surface area contributed by atoms with Crippen molar-refractivity contribution in [2.24, 2.45) is 0 Å². The molecule has 0 aliphatic heterocycles. The van der Waals surface area contributed by atoms with Crippen LogP contribution in [0, 0.1) is 6.92 Å². The van der Waals surface area contributed by atoms with E-state index in [9.17, 15) is 14.7 Å². The number of carbonyl (C=O) groups excluding carboxylic acids is 2. The molecule has 2 rings (SSSR count). The van der Waals surface area contributed by atoms with Crippen LogP contribution in [0.5, 0.6) is 0 Å². The summed E-state index contributed by atoms with van der Waals surface area (Å²) < 4.78 is 0. The first-order chi connectivity index (χ1) is 11.5. The number of carbonyl (C=O) groups is 2. The second-order valence-corrected chi connectivity index (χ2v) is 5.68. The largest absolute Gasteiger partial charge is 0.388 e. The number of anilines is 1. The maximum absolute atomic E-state index is 12.2. The predicted molar refractivity (Wildman–Crippen MR) is 93.8 cm³/mol. The molecular weight excluding hydrogens is 304 g/mol. The van der Waals surface area contributed by atoms with Gasteiger partial charge in [-0.05, 0) is 36.6 Å². The lowest BCUT2D eigenvalue weighted by Gasteiger charge is -2.12. The number of amides is 2. The molecule has 5 heteroatoms. The zero-order chi connectivity index (χ0) is 17.5. The lowest BCUT2D eigenvalue weighted by Crippen LogP contribution is -2.25. The molecule has 0 aromatic heterocycles. The molecule has 24 heavy (non-hydrogen) atoms. The highest BCUT2D eigenvalue weighted by Crippen LogP contribution is 2.18. The van der Waals surface area contributed by atoms with Gasteiger partial charge in [0.2, 0.25) is 5.91 Å². The fourth-order valence-corrected chi connectivity index (χ4v) is 2.35. The third kappa shape index (κ3) is 4.93. The van der Waals surface area contributed by atoms with Crippen molar-refractivity contribution in [2.75, 3.05) is 11.9 Å². The molecule has 2 amide bonds. The van der Waals surface area contributed by atoms with Crippen molar-refractivity contribution in [1.82, 2.24) is 5.32 Å². The molecule has 0 aliphatic rings. The van der Waals surface area contributed by atoms with E-state index in [0.29, 0.717) is 24.2 Å². The Hall–Kier alpha value is -2.66. The minimum absolute atomic E-state index is 0.179. The SMILES string of the molecule is CC(=O)Nc1cc(C(=O)NCCC(O)c2ccccc2)ccc1C. The fourth-order valence-electron chi connectivity index (χ4n) is 2.35. The van der Waals surface area contributed by atoms with E-state index in [1.807, 2.05) is 37.3 Å². The first kappa shape index (κ1) is 17.7. The Bertz CT molecular complexity index is 714. The van der Waals surface area contributed by atoms with Gasteiger partial charge in [0.15, 0.2) is 0 Å². The Kier molecular flexibility index (Phi) is 6.09. The highest BCUT2D eigenvalue weighted by atomic mass is 16.3. The van der Waals surface area contributed by atoms with Crippen LogP contribution >= 0.6 is 0 Å². The van der Waals surface area contributed by atoms with Gasteiger partial charge in [-0.25, -0.2) is 0 Å². The number of rotatable bonds is 6.